The summed E-state index contributed by atoms with van der Waals surface area (Å²) in [4.78, 5) is 12.7. The lowest BCUT2D eigenvalue weighted by atomic mass is 9.91. The SMILES string of the molecule is CC1=Cc2ccccc2OC(C(C)C(=O)c2ccccc2)C1. The molecule has 0 saturated carbocycles. The van der Waals surface area contributed by atoms with Crippen molar-refractivity contribution in [2.75, 3.05) is 0 Å². The smallest absolute Gasteiger partial charge is 0.169 e. The third-order valence-corrected chi connectivity index (χ3v) is 4.15. The highest BCUT2D eigenvalue weighted by Crippen LogP contribution is 2.31. The average molecular weight is 292 g/mol. The Kier molecular flexibility index (Phi) is 4.10. The Balaban J connectivity index is 1.86. The second-order valence-corrected chi connectivity index (χ2v) is 5.91. The van der Waals surface area contributed by atoms with Crippen LogP contribution in [0.2, 0.25) is 0 Å². The van der Waals surface area contributed by atoms with Gasteiger partial charge in [0.05, 0.1) is 5.92 Å². The van der Waals surface area contributed by atoms with E-state index >= 15 is 0 Å². The second kappa shape index (κ2) is 6.18. The van der Waals surface area contributed by atoms with E-state index in [2.05, 4.69) is 13.0 Å². The van der Waals surface area contributed by atoms with Gasteiger partial charge in [0, 0.05) is 17.5 Å². The van der Waals surface area contributed by atoms with Gasteiger partial charge in [-0.05, 0) is 13.0 Å². The molecule has 2 heteroatoms. The quantitative estimate of drug-likeness (QED) is 0.762. The number of para-hydroxylation sites is 1. The van der Waals surface area contributed by atoms with Gasteiger partial charge < -0.3 is 4.74 Å². The Morgan fingerprint density at radius 3 is 2.55 bits per heavy atom. The molecule has 2 unspecified atom stereocenters. The highest BCUT2D eigenvalue weighted by Gasteiger charge is 2.28. The molecule has 0 spiro atoms. The number of rotatable bonds is 3. The zero-order valence-corrected chi connectivity index (χ0v) is 13.0. The van der Waals surface area contributed by atoms with E-state index in [1.807, 2.05) is 61.5 Å². The van der Waals surface area contributed by atoms with Gasteiger partial charge in [-0.3, -0.25) is 4.79 Å². The molecule has 0 radical (unpaired) electrons. The van der Waals surface area contributed by atoms with E-state index in [1.54, 1.807) is 0 Å². The van der Waals surface area contributed by atoms with E-state index in [9.17, 15) is 4.79 Å². The number of ketones is 1. The van der Waals surface area contributed by atoms with Crippen LogP contribution < -0.4 is 4.74 Å². The third-order valence-electron chi connectivity index (χ3n) is 4.15. The minimum absolute atomic E-state index is 0.132. The van der Waals surface area contributed by atoms with E-state index in [0.717, 1.165) is 23.3 Å². The van der Waals surface area contributed by atoms with Gasteiger partial charge in [0.1, 0.15) is 11.9 Å². The lowest BCUT2D eigenvalue weighted by Crippen LogP contribution is -2.31. The molecule has 0 saturated heterocycles. The molecule has 1 aliphatic rings. The van der Waals surface area contributed by atoms with Crippen molar-refractivity contribution >= 4 is 11.9 Å². The molecule has 1 aliphatic heterocycles. The van der Waals surface area contributed by atoms with Crippen LogP contribution in [0.4, 0.5) is 0 Å². The number of hydrogen-bond acceptors (Lipinski definition) is 2. The largest absolute Gasteiger partial charge is 0.489 e. The van der Waals surface area contributed by atoms with Crippen LogP contribution in [0.3, 0.4) is 0 Å². The van der Waals surface area contributed by atoms with E-state index in [1.165, 1.54) is 5.57 Å². The second-order valence-electron chi connectivity index (χ2n) is 5.91. The van der Waals surface area contributed by atoms with Crippen LogP contribution in [0.25, 0.3) is 6.08 Å². The molecule has 0 aromatic heterocycles. The van der Waals surface area contributed by atoms with Gasteiger partial charge >= 0.3 is 0 Å². The van der Waals surface area contributed by atoms with Crippen LogP contribution in [-0.2, 0) is 0 Å². The normalized spacial score (nSPS) is 18.5. The maximum Gasteiger partial charge on any atom is 0.169 e. The van der Waals surface area contributed by atoms with Crippen molar-refractivity contribution in [1.29, 1.82) is 0 Å². The summed E-state index contributed by atoms with van der Waals surface area (Å²) in [6.45, 7) is 4.05. The first-order valence-corrected chi connectivity index (χ1v) is 7.67. The Hall–Kier alpha value is -2.35. The van der Waals surface area contributed by atoms with Crippen molar-refractivity contribution in [2.45, 2.75) is 26.4 Å². The molecule has 0 amide bonds. The number of hydrogen-bond donors (Lipinski definition) is 0. The molecular formula is C20H20O2. The minimum atomic E-state index is -0.183. The van der Waals surface area contributed by atoms with Crippen LogP contribution in [0, 0.1) is 5.92 Å². The van der Waals surface area contributed by atoms with Gasteiger partial charge in [-0.2, -0.15) is 0 Å². The number of carbonyl (C=O) groups excluding carboxylic acids is 1. The zero-order valence-electron chi connectivity index (χ0n) is 13.0. The topological polar surface area (TPSA) is 26.3 Å². The van der Waals surface area contributed by atoms with Gasteiger partial charge in [-0.15, -0.1) is 0 Å². The summed E-state index contributed by atoms with van der Waals surface area (Å²) in [7, 11) is 0. The number of carbonyl (C=O) groups is 1. The number of Topliss-reactive ketones (excluding diaryl/α,β-unsaturated/α-hetero) is 1. The predicted molar refractivity (Wildman–Crippen MR) is 89.1 cm³/mol. The molecule has 2 aromatic rings. The summed E-state index contributed by atoms with van der Waals surface area (Å²) in [5.74, 6) is 0.812. The summed E-state index contributed by atoms with van der Waals surface area (Å²) in [5.41, 5.74) is 3.07. The molecule has 1 heterocycles. The van der Waals surface area contributed by atoms with Gasteiger partial charge in [0.2, 0.25) is 0 Å². The van der Waals surface area contributed by atoms with Crippen LogP contribution in [0.1, 0.15) is 36.2 Å². The first-order valence-electron chi connectivity index (χ1n) is 7.67. The number of fused-ring (bicyclic) bond motifs is 1. The Morgan fingerprint density at radius 1 is 1.09 bits per heavy atom. The molecule has 22 heavy (non-hydrogen) atoms. The van der Waals surface area contributed by atoms with Gasteiger partial charge in [-0.25, -0.2) is 0 Å². The van der Waals surface area contributed by atoms with Crippen LogP contribution in [0.5, 0.6) is 5.75 Å². The first kappa shape index (κ1) is 14.6. The molecule has 0 aliphatic carbocycles. The Morgan fingerprint density at radius 2 is 1.77 bits per heavy atom. The molecule has 3 rings (SSSR count). The summed E-state index contributed by atoms with van der Waals surface area (Å²) >= 11 is 0. The molecule has 2 aromatic carbocycles. The average Bonchev–Trinajstić information content (AvgIpc) is 2.72. The first-order chi connectivity index (χ1) is 10.6. The van der Waals surface area contributed by atoms with E-state index in [4.69, 9.17) is 4.74 Å². The lowest BCUT2D eigenvalue weighted by Gasteiger charge is -2.24. The molecule has 2 nitrogen and oxygen atoms in total. The molecule has 0 N–H and O–H groups in total. The maximum atomic E-state index is 12.7. The van der Waals surface area contributed by atoms with Crippen molar-refractivity contribution in [2.24, 2.45) is 5.92 Å². The van der Waals surface area contributed by atoms with Gasteiger partial charge in [0.15, 0.2) is 5.78 Å². The minimum Gasteiger partial charge on any atom is -0.489 e. The molecule has 112 valence electrons. The highest BCUT2D eigenvalue weighted by atomic mass is 16.5. The van der Waals surface area contributed by atoms with Gasteiger partial charge in [0.25, 0.3) is 0 Å². The van der Waals surface area contributed by atoms with Crippen molar-refractivity contribution < 1.29 is 9.53 Å². The van der Waals surface area contributed by atoms with Crippen LogP contribution in [-0.4, -0.2) is 11.9 Å². The summed E-state index contributed by atoms with van der Waals surface area (Å²) in [6, 6.07) is 17.4. The fraction of sp³-hybridized carbons (Fsp3) is 0.250. The fourth-order valence-corrected chi connectivity index (χ4v) is 2.87. The lowest BCUT2D eigenvalue weighted by molar-refractivity contribution is 0.0775. The van der Waals surface area contributed by atoms with Crippen LogP contribution in [0.15, 0.2) is 60.2 Å². The number of ether oxygens (including phenoxy) is 1. The Bertz CT molecular complexity index is 701. The third kappa shape index (κ3) is 2.96. The van der Waals surface area contributed by atoms with E-state index in [0.29, 0.717) is 0 Å². The van der Waals surface area contributed by atoms with Crippen molar-refractivity contribution in [3.8, 4) is 5.75 Å². The zero-order chi connectivity index (χ0) is 15.5. The fourth-order valence-electron chi connectivity index (χ4n) is 2.87. The summed E-state index contributed by atoms with van der Waals surface area (Å²) < 4.78 is 6.16. The Labute approximate surface area is 131 Å². The van der Waals surface area contributed by atoms with Crippen LogP contribution >= 0.6 is 0 Å². The van der Waals surface area contributed by atoms with E-state index in [-0.39, 0.29) is 17.8 Å². The monoisotopic (exact) mass is 292 g/mol. The molecular weight excluding hydrogens is 272 g/mol. The molecule has 0 bridgehead atoms. The van der Waals surface area contributed by atoms with E-state index < -0.39 is 0 Å². The summed E-state index contributed by atoms with van der Waals surface area (Å²) in [5, 5.41) is 0. The number of benzene rings is 2. The van der Waals surface area contributed by atoms with Crippen molar-refractivity contribution in [3.05, 3.63) is 71.3 Å². The maximum absolute atomic E-state index is 12.7. The predicted octanol–water partition coefficient (Wildman–Crippen LogP) is 4.76. The van der Waals surface area contributed by atoms with Crippen molar-refractivity contribution in [3.63, 3.8) is 0 Å². The van der Waals surface area contributed by atoms with Gasteiger partial charge in [-0.1, -0.05) is 67.1 Å². The summed E-state index contributed by atoms with van der Waals surface area (Å²) in [6.07, 6.45) is 2.79. The van der Waals surface area contributed by atoms with Crippen molar-refractivity contribution in [1.82, 2.24) is 0 Å². The molecule has 2 atom stereocenters. The highest BCUT2D eigenvalue weighted by molar-refractivity contribution is 5.98. The molecule has 0 fully saturated rings. The standard InChI is InChI=1S/C20H20O2/c1-14-12-17-10-6-7-11-18(17)22-19(13-14)15(2)20(21)16-8-4-3-5-9-16/h3-12,15,19H,13H2,1-2H3.